The van der Waals surface area contributed by atoms with Crippen molar-refractivity contribution in [3.63, 3.8) is 0 Å². The van der Waals surface area contributed by atoms with Crippen LogP contribution >= 0.6 is 0 Å². The molecule has 0 saturated heterocycles. The number of aromatic nitrogens is 3. The average molecular weight is 294 g/mol. The molecule has 7 heteroatoms. The fraction of sp³-hybridized carbons (Fsp3) is 0. The quantitative estimate of drug-likeness (QED) is 0.550. The number of pyridine rings is 2. The molecule has 0 radical (unpaired) electrons. The van der Waals surface area contributed by atoms with Crippen LogP contribution in [0.15, 0.2) is 51.9 Å². The van der Waals surface area contributed by atoms with Crippen LogP contribution in [0.25, 0.3) is 22.1 Å². The summed E-state index contributed by atoms with van der Waals surface area (Å²) in [5.74, 6) is 0.370. The van der Waals surface area contributed by atoms with Crippen molar-refractivity contribution in [3.05, 3.63) is 53.3 Å². The van der Waals surface area contributed by atoms with Crippen molar-refractivity contribution in [1.82, 2.24) is 15.0 Å². The van der Waals surface area contributed by atoms with E-state index in [9.17, 15) is 4.79 Å². The van der Waals surface area contributed by atoms with Crippen LogP contribution in [-0.2, 0) is 0 Å². The lowest BCUT2D eigenvalue weighted by molar-refractivity contribution is 0.470. The molecule has 4 aromatic rings. The minimum absolute atomic E-state index is 0.265. The molecule has 0 atom stereocenters. The lowest BCUT2D eigenvalue weighted by Crippen LogP contribution is -1.93. The van der Waals surface area contributed by atoms with E-state index in [1.54, 1.807) is 30.5 Å². The maximum atomic E-state index is 11.3. The highest BCUT2D eigenvalue weighted by molar-refractivity contribution is 5.94. The number of fused-ring (bicyclic) bond motifs is 2. The molecule has 0 unspecified atom stereocenters. The maximum Gasteiger partial charge on any atom is 0.418 e. The van der Waals surface area contributed by atoms with E-state index in [1.165, 1.54) is 6.20 Å². The van der Waals surface area contributed by atoms with Gasteiger partial charge in [0.05, 0.1) is 11.2 Å². The summed E-state index contributed by atoms with van der Waals surface area (Å²) in [6.07, 6.45) is 3.19. The number of rotatable bonds is 2. The number of aromatic amines is 1. The van der Waals surface area contributed by atoms with Crippen LogP contribution in [0.2, 0.25) is 0 Å². The number of nitrogens with two attached hydrogens (primary N) is 1. The molecule has 4 rings (SSSR count). The number of nitrogen functional groups attached to an aromatic ring is 1. The van der Waals surface area contributed by atoms with Gasteiger partial charge in [0.25, 0.3) is 0 Å². The molecule has 0 fully saturated rings. The number of H-pyrrole nitrogens is 1. The van der Waals surface area contributed by atoms with E-state index in [1.807, 2.05) is 6.07 Å². The van der Waals surface area contributed by atoms with Gasteiger partial charge in [-0.2, -0.15) is 0 Å². The second-order valence-electron chi connectivity index (χ2n) is 4.66. The van der Waals surface area contributed by atoms with Gasteiger partial charge in [0.15, 0.2) is 11.4 Å². The summed E-state index contributed by atoms with van der Waals surface area (Å²) in [6.45, 7) is 0. The number of anilines is 1. The molecule has 3 aromatic heterocycles. The fourth-order valence-corrected chi connectivity index (χ4v) is 2.29. The van der Waals surface area contributed by atoms with Crippen LogP contribution in [-0.4, -0.2) is 15.0 Å². The van der Waals surface area contributed by atoms with Crippen molar-refractivity contribution >= 4 is 27.8 Å². The summed E-state index contributed by atoms with van der Waals surface area (Å²) in [6, 6.07) is 8.75. The van der Waals surface area contributed by atoms with E-state index in [4.69, 9.17) is 14.9 Å². The van der Waals surface area contributed by atoms with Gasteiger partial charge >= 0.3 is 5.76 Å². The fourth-order valence-electron chi connectivity index (χ4n) is 2.29. The molecule has 7 nitrogen and oxygen atoms in total. The van der Waals surface area contributed by atoms with Gasteiger partial charge in [-0.15, -0.1) is 0 Å². The molecule has 3 heterocycles. The Hall–Kier alpha value is -3.35. The number of hydrogen-bond acceptors (Lipinski definition) is 6. The van der Waals surface area contributed by atoms with Crippen molar-refractivity contribution < 1.29 is 9.15 Å². The topological polar surface area (TPSA) is 107 Å². The first-order chi connectivity index (χ1) is 10.7. The van der Waals surface area contributed by atoms with Gasteiger partial charge < -0.3 is 14.9 Å². The van der Waals surface area contributed by atoms with E-state index in [0.29, 0.717) is 28.4 Å². The Morgan fingerprint density at radius 3 is 2.91 bits per heavy atom. The maximum absolute atomic E-state index is 11.3. The Kier molecular flexibility index (Phi) is 2.59. The highest BCUT2D eigenvalue weighted by Crippen LogP contribution is 2.34. The van der Waals surface area contributed by atoms with Crippen molar-refractivity contribution in [2.24, 2.45) is 0 Å². The normalized spacial score (nSPS) is 11.1. The average Bonchev–Trinajstić information content (AvgIpc) is 2.92. The van der Waals surface area contributed by atoms with E-state index in [2.05, 4.69) is 15.0 Å². The second kappa shape index (κ2) is 4.59. The van der Waals surface area contributed by atoms with Gasteiger partial charge in [-0.1, -0.05) is 0 Å². The summed E-state index contributed by atoms with van der Waals surface area (Å²) in [5.41, 5.74) is 7.74. The molecule has 0 aliphatic rings. The molecule has 3 N–H and O–H groups in total. The van der Waals surface area contributed by atoms with Crippen molar-refractivity contribution in [1.29, 1.82) is 0 Å². The number of benzene rings is 1. The molecule has 0 saturated carbocycles. The van der Waals surface area contributed by atoms with Crippen LogP contribution < -0.4 is 16.2 Å². The summed E-state index contributed by atoms with van der Waals surface area (Å²) >= 11 is 0. The largest absolute Gasteiger partial charge is 0.453 e. The molecule has 0 aliphatic carbocycles. The number of nitrogens with one attached hydrogen (secondary N) is 1. The zero-order valence-electron chi connectivity index (χ0n) is 11.2. The molecular weight excluding hydrogens is 284 g/mol. The van der Waals surface area contributed by atoms with Crippen molar-refractivity contribution in [3.8, 4) is 11.5 Å². The smallest absolute Gasteiger partial charge is 0.418 e. The van der Waals surface area contributed by atoms with Gasteiger partial charge in [0.1, 0.15) is 5.75 Å². The predicted octanol–water partition coefficient (Wildman–Crippen LogP) is 2.44. The molecular formula is C15H10N4O3. The number of ether oxygens (including phenoxy) is 1. The van der Waals surface area contributed by atoms with Crippen LogP contribution in [0.3, 0.4) is 0 Å². The third-order valence-corrected chi connectivity index (χ3v) is 3.26. The summed E-state index contributed by atoms with van der Waals surface area (Å²) < 4.78 is 11.0. The molecule has 22 heavy (non-hydrogen) atoms. The van der Waals surface area contributed by atoms with E-state index in [-0.39, 0.29) is 5.58 Å². The van der Waals surface area contributed by atoms with Gasteiger partial charge in [-0.05, 0) is 24.3 Å². The molecule has 0 aliphatic heterocycles. The monoisotopic (exact) mass is 294 g/mol. The number of nitrogens with zero attached hydrogens (tertiary/aromatic N) is 2. The van der Waals surface area contributed by atoms with Gasteiger partial charge in [0.2, 0.25) is 5.58 Å². The SMILES string of the molecule is Nc1ccc(Oc2ccnc3[nH]c(=O)oc23)c2cccnc12. The lowest BCUT2D eigenvalue weighted by Gasteiger charge is -2.09. The van der Waals surface area contributed by atoms with E-state index in [0.717, 1.165) is 5.39 Å². The molecule has 0 spiro atoms. The Morgan fingerprint density at radius 1 is 1.09 bits per heavy atom. The molecule has 0 amide bonds. The van der Waals surface area contributed by atoms with Crippen LogP contribution in [0, 0.1) is 0 Å². The summed E-state index contributed by atoms with van der Waals surface area (Å²) in [4.78, 5) is 22.1. The van der Waals surface area contributed by atoms with Gasteiger partial charge in [0, 0.05) is 23.8 Å². The highest BCUT2D eigenvalue weighted by atomic mass is 16.5. The molecule has 1 aromatic carbocycles. The molecule has 108 valence electrons. The standard InChI is InChI=1S/C15H10N4O3/c16-9-3-4-10(8-2-1-6-17-12(8)9)21-11-5-7-18-14-13(11)22-15(20)19-14/h1-7H,16H2,(H,18,19,20). The predicted molar refractivity (Wildman–Crippen MR) is 80.9 cm³/mol. The summed E-state index contributed by atoms with van der Waals surface area (Å²) in [5, 5.41) is 0.769. The van der Waals surface area contributed by atoms with E-state index < -0.39 is 5.76 Å². The molecule has 0 bridgehead atoms. The zero-order chi connectivity index (χ0) is 15.1. The van der Waals surface area contributed by atoms with Crippen LogP contribution in [0.5, 0.6) is 11.5 Å². The van der Waals surface area contributed by atoms with E-state index >= 15 is 0 Å². The van der Waals surface area contributed by atoms with Crippen molar-refractivity contribution in [2.45, 2.75) is 0 Å². The number of hydrogen-bond donors (Lipinski definition) is 2. The van der Waals surface area contributed by atoms with Gasteiger partial charge in [-0.25, -0.2) is 9.78 Å². The van der Waals surface area contributed by atoms with Crippen LogP contribution in [0.1, 0.15) is 0 Å². The first-order valence-corrected chi connectivity index (χ1v) is 6.51. The third-order valence-electron chi connectivity index (χ3n) is 3.26. The lowest BCUT2D eigenvalue weighted by atomic mass is 10.2. The third kappa shape index (κ3) is 1.87. The Morgan fingerprint density at radius 2 is 2.00 bits per heavy atom. The Labute approximate surface area is 123 Å². The highest BCUT2D eigenvalue weighted by Gasteiger charge is 2.12. The Balaban J connectivity index is 1.90. The van der Waals surface area contributed by atoms with Crippen molar-refractivity contribution in [2.75, 3.05) is 5.73 Å². The van der Waals surface area contributed by atoms with Gasteiger partial charge in [-0.3, -0.25) is 9.97 Å². The first-order valence-electron chi connectivity index (χ1n) is 6.51. The second-order valence-corrected chi connectivity index (χ2v) is 4.66. The summed E-state index contributed by atoms with van der Waals surface area (Å²) in [7, 11) is 0. The minimum atomic E-state index is -0.581. The Bertz CT molecular complexity index is 1050. The first kappa shape index (κ1) is 12.4. The van der Waals surface area contributed by atoms with Crippen LogP contribution in [0.4, 0.5) is 5.69 Å². The number of oxazole rings is 1. The zero-order valence-corrected chi connectivity index (χ0v) is 11.2. The minimum Gasteiger partial charge on any atom is -0.453 e.